The number of hydrogen-bond donors (Lipinski definition) is 3. The second-order valence-electron chi connectivity index (χ2n) is 9.44. The Morgan fingerprint density at radius 1 is 0.973 bits per heavy atom. The van der Waals surface area contributed by atoms with Crippen LogP contribution in [0.4, 0.5) is 10.5 Å². The molecule has 37 heavy (non-hydrogen) atoms. The zero-order chi connectivity index (χ0) is 25.6. The highest BCUT2D eigenvalue weighted by molar-refractivity contribution is 6.00. The lowest BCUT2D eigenvalue weighted by atomic mass is 10.0. The summed E-state index contributed by atoms with van der Waals surface area (Å²) < 4.78 is 2.01. The third-order valence-electron chi connectivity index (χ3n) is 6.76. The van der Waals surface area contributed by atoms with Gasteiger partial charge in [-0.1, -0.05) is 18.2 Å². The number of urea groups is 1. The summed E-state index contributed by atoms with van der Waals surface area (Å²) in [6, 6.07) is 21.2. The van der Waals surface area contributed by atoms with Crippen LogP contribution in [-0.4, -0.2) is 58.6 Å². The molecule has 0 spiro atoms. The van der Waals surface area contributed by atoms with Crippen molar-refractivity contribution in [2.75, 3.05) is 31.5 Å². The van der Waals surface area contributed by atoms with E-state index in [0.717, 1.165) is 60.4 Å². The third kappa shape index (κ3) is 6.16. The van der Waals surface area contributed by atoms with Crippen molar-refractivity contribution in [2.24, 2.45) is 0 Å². The van der Waals surface area contributed by atoms with E-state index in [9.17, 15) is 9.59 Å². The number of rotatable bonds is 7. The van der Waals surface area contributed by atoms with Crippen molar-refractivity contribution in [1.29, 1.82) is 0 Å². The van der Waals surface area contributed by atoms with E-state index in [4.69, 9.17) is 0 Å². The quantitative estimate of drug-likeness (QED) is 0.355. The zero-order valence-electron chi connectivity index (χ0n) is 21.0. The summed E-state index contributed by atoms with van der Waals surface area (Å²) >= 11 is 0. The maximum absolute atomic E-state index is 12.7. The fourth-order valence-electron chi connectivity index (χ4n) is 4.77. The number of pyridine rings is 1. The number of para-hydroxylation sites is 1. The van der Waals surface area contributed by atoms with Crippen LogP contribution in [0.15, 0.2) is 79.1 Å². The van der Waals surface area contributed by atoms with E-state index >= 15 is 0 Å². The number of carbonyl (C=O) groups is 2. The molecule has 4 aromatic rings. The van der Waals surface area contributed by atoms with Gasteiger partial charge in [0, 0.05) is 66.9 Å². The largest absolute Gasteiger partial charge is 0.349 e. The minimum atomic E-state index is -0.222. The molecular formula is C29H32N6O2. The van der Waals surface area contributed by atoms with Gasteiger partial charge in [-0.3, -0.25) is 9.78 Å². The van der Waals surface area contributed by atoms with Crippen LogP contribution in [0, 0.1) is 6.92 Å². The van der Waals surface area contributed by atoms with Crippen molar-refractivity contribution in [3.05, 3.63) is 90.4 Å². The lowest BCUT2D eigenvalue weighted by Crippen LogP contribution is -2.46. The van der Waals surface area contributed by atoms with Crippen LogP contribution >= 0.6 is 0 Å². The first-order chi connectivity index (χ1) is 18.0. The molecule has 0 atom stereocenters. The molecular weight excluding hydrogens is 464 g/mol. The number of hydrogen-bond acceptors (Lipinski definition) is 4. The summed E-state index contributed by atoms with van der Waals surface area (Å²) in [5.74, 6) is -0.0327. The zero-order valence-corrected chi connectivity index (χ0v) is 21.0. The Bertz CT molecular complexity index is 1360. The normalized spacial score (nSPS) is 14.4. The molecule has 1 saturated heterocycles. The smallest absolute Gasteiger partial charge is 0.319 e. The molecule has 3 N–H and O–H groups in total. The Hall–Kier alpha value is -4.17. The maximum atomic E-state index is 12.7. The van der Waals surface area contributed by atoms with E-state index in [1.54, 1.807) is 0 Å². The van der Waals surface area contributed by atoms with E-state index < -0.39 is 0 Å². The van der Waals surface area contributed by atoms with Gasteiger partial charge in [0.25, 0.3) is 5.91 Å². The third-order valence-corrected chi connectivity index (χ3v) is 6.76. The van der Waals surface area contributed by atoms with E-state index in [1.807, 2.05) is 90.6 Å². The number of nitrogens with one attached hydrogen (secondary N) is 3. The summed E-state index contributed by atoms with van der Waals surface area (Å²) in [6.07, 6.45) is 5.74. The predicted molar refractivity (Wildman–Crippen MR) is 146 cm³/mol. The molecule has 0 aliphatic carbocycles. The Kier molecular flexibility index (Phi) is 7.46. The monoisotopic (exact) mass is 496 g/mol. The highest BCUT2D eigenvalue weighted by atomic mass is 16.2. The van der Waals surface area contributed by atoms with Crippen molar-refractivity contribution >= 4 is 28.5 Å². The molecule has 190 valence electrons. The molecule has 5 rings (SSSR count). The molecule has 1 fully saturated rings. The number of amides is 3. The average molecular weight is 497 g/mol. The average Bonchev–Trinajstić information content (AvgIpc) is 3.45. The number of anilines is 1. The Morgan fingerprint density at radius 3 is 2.46 bits per heavy atom. The van der Waals surface area contributed by atoms with Gasteiger partial charge in [0.15, 0.2) is 0 Å². The van der Waals surface area contributed by atoms with Crippen LogP contribution in [0.3, 0.4) is 0 Å². The fourth-order valence-corrected chi connectivity index (χ4v) is 4.77. The number of carbonyl (C=O) groups excluding carboxylic acids is 2. The lowest BCUT2D eigenvalue weighted by molar-refractivity contribution is 0.0911. The fraction of sp³-hybridized carbons (Fsp3) is 0.276. The minimum Gasteiger partial charge on any atom is -0.349 e. The van der Waals surface area contributed by atoms with Crippen molar-refractivity contribution in [3.63, 3.8) is 0 Å². The van der Waals surface area contributed by atoms with E-state index in [1.165, 1.54) is 0 Å². The van der Waals surface area contributed by atoms with Gasteiger partial charge < -0.3 is 25.4 Å². The van der Waals surface area contributed by atoms with Gasteiger partial charge in [0.05, 0.1) is 11.2 Å². The van der Waals surface area contributed by atoms with E-state index in [0.29, 0.717) is 12.1 Å². The van der Waals surface area contributed by atoms with Crippen LogP contribution in [-0.2, 0) is 0 Å². The first kappa shape index (κ1) is 24.5. The van der Waals surface area contributed by atoms with Gasteiger partial charge in [-0.2, -0.15) is 0 Å². The molecule has 2 aromatic heterocycles. The van der Waals surface area contributed by atoms with Crippen molar-refractivity contribution in [2.45, 2.75) is 25.8 Å². The minimum absolute atomic E-state index is 0.0327. The number of piperidine rings is 1. The molecule has 2 aromatic carbocycles. The Labute approximate surface area is 216 Å². The number of nitrogens with zero attached hydrogens (tertiary/aromatic N) is 3. The molecule has 8 heteroatoms. The van der Waals surface area contributed by atoms with Crippen molar-refractivity contribution < 1.29 is 9.59 Å². The van der Waals surface area contributed by atoms with Gasteiger partial charge in [-0.15, -0.1) is 0 Å². The van der Waals surface area contributed by atoms with Crippen LogP contribution in [0.25, 0.3) is 16.6 Å². The SMILES string of the molecule is Cc1cc(NC(=O)NCCN2CCC(NC(=O)c3ccc(-n4cccc4)cc3)CC2)c2ccccc2n1. The van der Waals surface area contributed by atoms with E-state index in [-0.39, 0.29) is 18.0 Å². The topological polar surface area (TPSA) is 91.3 Å². The summed E-state index contributed by atoms with van der Waals surface area (Å²) in [4.78, 5) is 32.0. The van der Waals surface area contributed by atoms with Crippen molar-refractivity contribution in [1.82, 2.24) is 25.1 Å². The molecule has 0 radical (unpaired) electrons. The highest BCUT2D eigenvalue weighted by Crippen LogP contribution is 2.22. The summed E-state index contributed by atoms with van der Waals surface area (Å²) in [7, 11) is 0. The highest BCUT2D eigenvalue weighted by Gasteiger charge is 2.21. The van der Waals surface area contributed by atoms with Crippen molar-refractivity contribution in [3.8, 4) is 5.69 Å². The molecule has 3 heterocycles. The second-order valence-corrected chi connectivity index (χ2v) is 9.44. The van der Waals surface area contributed by atoms with Crippen LogP contribution in [0.2, 0.25) is 0 Å². The van der Waals surface area contributed by atoms with Gasteiger partial charge in [-0.25, -0.2) is 4.79 Å². The van der Waals surface area contributed by atoms with Gasteiger partial charge in [-0.05, 0) is 68.3 Å². The molecule has 3 amide bonds. The first-order valence-corrected chi connectivity index (χ1v) is 12.7. The molecule has 1 aliphatic rings. The molecule has 0 unspecified atom stereocenters. The standard InChI is InChI=1S/C29H32N6O2/c1-21-20-27(25-6-2-3-7-26(25)31-21)33-29(37)30-14-19-34-17-12-23(13-18-34)32-28(36)22-8-10-24(11-9-22)35-15-4-5-16-35/h2-11,15-16,20,23H,12-14,17-19H2,1H3,(H,32,36)(H2,30,31,33,37). The number of benzene rings is 2. The first-order valence-electron chi connectivity index (χ1n) is 12.7. The van der Waals surface area contributed by atoms with Gasteiger partial charge in [0.2, 0.25) is 0 Å². The molecule has 8 nitrogen and oxygen atoms in total. The number of aromatic nitrogens is 2. The number of fused-ring (bicyclic) bond motifs is 1. The van der Waals surface area contributed by atoms with Gasteiger partial charge >= 0.3 is 6.03 Å². The predicted octanol–water partition coefficient (Wildman–Crippen LogP) is 4.35. The van der Waals surface area contributed by atoms with E-state index in [2.05, 4.69) is 25.8 Å². The molecule has 0 bridgehead atoms. The Morgan fingerprint density at radius 2 is 1.70 bits per heavy atom. The summed E-state index contributed by atoms with van der Waals surface area (Å²) in [5, 5.41) is 10.0. The number of likely N-dealkylation sites (tertiary alicyclic amines) is 1. The maximum Gasteiger partial charge on any atom is 0.319 e. The summed E-state index contributed by atoms with van der Waals surface area (Å²) in [6.45, 7) is 5.01. The second kappa shape index (κ2) is 11.3. The Balaban J connectivity index is 1.03. The van der Waals surface area contributed by atoms with Crippen LogP contribution in [0.5, 0.6) is 0 Å². The van der Waals surface area contributed by atoms with Crippen LogP contribution < -0.4 is 16.0 Å². The van der Waals surface area contributed by atoms with Crippen LogP contribution in [0.1, 0.15) is 28.9 Å². The molecule has 1 aliphatic heterocycles. The summed E-state index contributed by atoms with van der Waals surface area (Å²) in [5.41, 5.74) is 4.18. The molecule has 0 saturated carbocycles. The van der Waals surface area contributed by atoms with Gasteiger partial charge in [0.1, 0.15) is 0 Å². The number of aryl methyl sites for hydroxylation is 1. The lowest BCUT2D eigenvalue weighted by Gasteiger charge is -2.32.